The largest absolute Gasteiger partial charge is 0.463 e. The van der Waals surface area contributed by atoms with Crippen LogP contribution < -0.4 is 0 Å². The highest BCUT2D eigenvalue weighted by molar-refractivity contribution is 6.30. The summed E-state index contributed by atoms with van der Waals surface area (Å²) in [7, 11) is 1.26. The van der Waals surface area contributed by atoms with Gasteiger partial charge >= 0.3 is 5.97 Å². The molecule has 14 heavy (non-hydrogen) atoms. The number of rotatable bonds is 1. The third kappa shape index (κ3) is 1.39. The molecule has 2 heterocycles. The first-order valence-electron chi connectivity index (χ1n) is 3.67. The fourth-order valence-electron chi connectivity index (χ4n) is 0.937. The van der Waals surface area contributed by atoms with Gasteiger partial charge in [0.05, 0.1) is 24.5 Å². The Labute approximate surface area is 83.5 Å². The van der Waals surface area contributed by atoms with Gasteiger partial charge in [-0.1, -0.05) is 11.6 Å². The summed E-state index contributed by atoms with van der Waals surface area (Å²) in [5.74, 6) is -0.344. The van der Waals surface area contributed by atoms with Crippen molar-refractivity contribution in [2.75, 3.05) is 7.11 Å². The molecule has 7 heteroatoms. The van der Waals surface area contributed by atoms with Crippen LogP contribution in [0.2, 0.25) is 5.02 Å². The third-order valence-electron chi connectivity index (χ3n) is 1.53. The van der Waals surface area contributed by atoms with Crippen LogP contribution in [0, 0.1) is 0 Å². The summed E-state index contributed by atoms with van der Waals surface area (Å²) in [6.45, 7) is 0. The van der Waals surface area contributed by atoms with Crippen molar-refractivity contribution < 1.29 is 9.53 Å². The minimum atomic E-state index is -0.605. The van der Waals surface area contributed by atoms with Crippen molar-refractivity contribution in [1.29, 1.82) is 0 Å². The number of carbonyl (C=O) groups is 1. The number of nitrogens with zero attached hydrogens (tertiary/aromatic N) is 4. The normalized spacial score (nSPS) is 10.4. The summed E-state index contributed by atoms with van der Waals surface area (Å²) in [4.78, 5) is 18.7. The van der Waals surface area contributed by atoms with E-state index in [1.807, 2.05) is 0 Å². The van der Waals surface area contributed by atoms with Crippen LogP contribution in [0.25, 0.3) is 5.78 Å². The van der Waals surface area contributed by atoms with Crippen molar-refractivity contribution >= 4 is 23.3 Å². The molecule has 0 saturated carbocycles. The molecule has 2 aromatic rings. The second-order valence-electron chi connectivity index (χ2n) is 2.44. The van der Waals surface area contributed by atoms with Gasteiger partial charge in [-0.05, 0) is 0 Å². The lowest BCUT2D eigenvalue weighted by molar-refractivity contribution is 0.0587. The van der Waals surface area contributed by atoms with Crippen LogP contribution in [0.5, 0.6) is 0 Å². The molecule has 2 aromatic heterocycles. The molecule has 0 atom stereocenters. The van der Waals surface area contributed by atoms with Crippen LogP contribution in [0.3, 0.4) is 0 Å². The molecule has 0 aromatic carbocycles. The Morgan fingerprint density at radius 2 is 2.43 bits per heavy atom. The fraction of sp³-hybridized carbons (Fsp3) is 0.143. The highest BCUT2D eigenvalue weighted by Crippen LogP contribution is 2.06. The van der Waals surface area contributed by atoms with E-state index >= 15 is 0 Å². The zero-order valence-electron chi connectivity index (χ0n) is 7.14. The molecular weight excluding hydrogens is 208 g/mol. The molecule has 0 aliphatic carbocycles. The monoisotopic (exact) mass is 212 g/mol. The van der Waals surface area contributed by atoms with E-state index in [-0.39, 0.29) is 5.82 Å². The SMILES string of the molecule is COC(=O)c1nc2ncc(Cl)cn2n1. The molecule has 6 nitrogen and oxygen atoms in total. The average molecular weight is 213 g/mol. The number of aromatic nitrogens is 4. The first-order valence-corrected chi connectivity index (χ1v) is 4.05. The van der Waals surface area contributed by atoms with Crippen LogP contribution in [0.1, 0.15) is 10.6 Å². The zero-order chi connectivity index (χ0) is 10.1. The first-order chi connectivity index (χ1) is 6.70. The highest BCUT2D eigenvalue weighted by Gasteiger charge is 2.13. The molecule has 0 bridgehead atoms. The topological polar surface area (TPSA) is 69.4 Å². The third-order valence-corrected chi connectivity index (χ3v) is 1.73. The van der Waals surface area contributed by atoms with E-state index < -0.39 is 5.97 Å². The van der Waals surface area contributed by atoms with Crippen molar-refractivity contribution in [3.05, 3.63) is 23.2 Å². The Morgan fingerprint density at radius 1 is 1.64 bits per heavy atom. The zero-order valence-corrected chi connectivity index (χ0v) is 7.89. The lowest BCUT2D eigenvalue weighted by Gasteiger charge is -1.89. The van der Waals surface area contributed by atoms with Gasteiger partial charge in [0.25, 0.3) is 11.6 Å². The number of halogens is 1. The van der Waals surface area contributed by atoms with Crippen LogP contribution >= 0.6 is 11.6 Å². The summed E-state index contributed by atoms with van der Waals surface area (Å²) < 4.78 is 5.77. The summed E-state index contributed by atoms with van der Waals surface area (Å²) in [5.41, 5.74) is 0. The van der Waals surface area contributed by atoms with E-state index in [1.54, 1.807) is 0 Å². The molecule has 0 N–H and O–H groups in total. The summed E-state index contributed by atoms with van der Waals surface area (Å²) in [6, 6.07) is 0. The molecular formula is C7H5ClN4O2. The maximum absolute atomic E-state index is 11.0. The van der Waals surface area contributed by atoms with E-state index in [1.165, 1.54) is 24.0 Å². The minimum Gasteiger partial charge on any atom is -0.463 e. The number of hydrogen-bond donors (Lipinski definition) is 0. The van der Waals surface area contributed by atoms with Crippen molar-refractivity contribution in [3.8, 4) is 0 Å². The van der Waals surface area contributed by atoms with Gasteiger partial charge in [0, 0.05) is 0 Å². The van der Waals surface area contributed by atoms with Crippen molar-refractivity contribution in [2.24, 2.45) is 0 Å². The van der Waals surface area contributed by atoms with E-state index in [0.29, 0.717) is 10.8 Å². The van der Waals surface area contributed by atoms with Crippen molar-refractivity contribution in [3.63, 3.8) is 0 Å². The Morgan fingerprint density at radius 3 is 3.14 bits per heavy atom. The van der Waals surface area contributed by atoms with Crippen LogP contribution in [-0.4, -0.2) is 32.7 Å². The summed E-state index contributed by atoms with van der Waals surface area (Å²) in [6.07, 6.45) is 2.93. The quantitative estimate of drug-likeness (QED) is 0.647. The molecule has 2 rings (SSSR count). The van der Waals surface area contributed by atoms with Gasteiger partial charge < -0.3 is 4.74 Å². The van der Waals surface area contributed by atoms with Crippen molar-refractivity contribution in [2.45, 2.75) is 0 Å². The molecule has 0 spiro atoms. The second-order valence-corrected chi connectivity index (χ2v) is 2.88. The number of fused-ring (bicyclic) bond motifs is 1. The maximum Gasteiger partial charge on any atom is 0.378 e. The number of methoxy groups -OCH3 is 1. The van der Waals surface area contributed by atoms with Gasteiger partial charge in [-0.25, -0.2) is 14.3 Å². The van der Waals surface area contributed by atoms with Crippen molar-refractivity contribution in [1.82, 2.24) is 19.6 Å². The molecule has 72 valence electrons. The standard InChI is InChI=1S/C7H5ClN4O2/c1-14-6(13)5-10-7-9-2-4(8)3-12(7)11-5/h2-3H,1H3. The van der Waals surface area contributed by atoms with Gasteiger partial charge in [-0.15, -0.1) is 5.10 Å². The maximum atomic E-state index is 11.0. The Balaban J connectivity index is 2.56. The predicted octanol–water partition coefficient (Wildman–Crippen LogP) is 0.564. The van der Waals surface area contributed by atoms with E-state index in [9.17, 15) is 4.79 Å². The van der Waals surface area contributed by atoms with Gasteiger partial charge in [-0.3, -0.25) is 0 Å². The number of ether oxygens (including phenoxy) is 1. The Bertz CT molecular complexity index is 495. The molecule has 0 fully saturated rings. The smallest absolute Gasteiger partial charge is 0.378 e. The Kier molecular flexibility index (Phi) is 2.05. The van der Waals surface area contributed by atoms with Gasteiger partial charge in [0.2, 0.25) is 0 Å². The predicted molar refractivity (Wildman–Crippen MR) is 47.1 cm³/mol. The van der Waals surface area contributed by atoms with Gasteiger partial charge in [0.1, 0.15) is 0 Å². The average Bonchev–Trinajstić information content (AvgIpc) is 2.59. The van der Waals surface area contributed by atoms with E-state index in [2.05, 4.69) is 19.8 Å². The molecule has 0 amide bonds. The molecule has 0 radical (unpaired) electrons. The fourth-order valence-corrected chi connectivity index (χ4v) is 1.08. The lowest BCUT2D eigenvalue weighted by Crippen LogP contribution is -2.03. The van der Waals surface area contributed by atoms with Crippen LogP contribution in [0.4, 0.5) is 0 Å². The summed E-state index contributed by atoms with van der Waals surface area (Å²) >= 11 is 5.67. The first kappa shape index (κ1) is 8.89. The molecule has 0 aliphatic rings. The van der Waals surface area contributed by atoms with E-state index in [4.69, 9.17) is 11.6 Å². The Hall–Kier alpha value is -1.69. The van der Waals surface area contributed by atoms with Gasteiger partial charge in [-0.2, -0.15) is 4.98 Å². The molecule has 0 unspecified atom stereocenters. The molecule has 0 aliphatic heterocycles. The number of esters is 1. The van der Waals surface area contributed by atoms with Crippen LogP contribution in [-0.2, 0) is 4.74 Å². The number of hydrogen-bond acceptors (Lipinski definition) is 5. The van der Waals surface area contributed by atoms with Gasteiger partial charge in [0.15, 0.2) is 0 Å². The number of carbonyl (C=O) groups excluding carboxylic acids is 1. The van der Waals surface area contributed by atoms with Crippen LogP contribution in [0.15, 0.2) is 12.4 Å². The van der Waals surface area contributed by atoms with E-state index in [0.717, 1.165) is 0 Å². The lowest BCUT2D eigenvalue weighted by atomic mass is 10.6. The minimum absolute atomic E-state index is 0.0396. The summed E-state index contributed by atoms with van der Waals surface area (Å²) in [5, 5.41) is 4.24. The molecule has 0 saturated heterocycles. The highest BCUT2D eigenvalue weighted by atomic mass is 35.5. The second kappa shape index (κ2) is 3.22.